The molecule has 0 spiro atoms. The predicted octanol–water partition coefficient (Wildman–Crippen LogP) is 0.997. The van der Waals surface area contributed by atoms with E-state index < -0.39 is 0 Å². The van der Waals surface area contributed by atoms with Gasteiger partial charge in [0.1, 0.15) is 0 Å². The van der Waals surface area contributed by atoms with Crippen LogP contribution in [0.4, 0.5) is 0 Å². The van der Waals surface area contributed by atoms with Gasteiger partial charge < -0.3 is 10.2 Å². The number of likely N-dealkylation sites (tertiary alicyclic amines) is 1. The van der Waals surface area contributed by atoms with Crippen molar-refractivity contribution in [3.8, 4) is 0 Å². The van der Waals surface area contributed by atoms with E-state index in [2.05, 4.69) is 19.2 Å². The molecule has 80 valence electrons. The van der Waals surface area contributed by atoms with E-state index in [1.165, 1.54) is 0 Å². The number of hydrogen-bond donors (Lipinski definition) is 1. The van der Waals surface area contributed by atoms with Crippen molar-refractivity contribution < 1.29 is 4.79 Å². The van der Waals surface area contributed by atoms with E-state index >= 15 is 0 Å². The molecular formula is C11H20N2O. The van der Waals surface area contributed by atoms with Crippen LogP contribution in [0.1, 0.15) is 33.1 Å². The molecule has 2 aliphatic rings. The Bertz CT molecular complexity index is 235. The van der Waals surface area contributed by atoms with E-state index in [0.717, 1.165) is 38.9 Å². The third kappa shape index (κ3) is 1.78. The maximum absolute atomic E-state index is 12.0. The van der Waals surface area contributed by atoms with Gasteiger partial charge in [-0.25, -0.2) is 0 Å². The lowest BCUT2D eigenvalue weighted by atomic mass is 10.1. The third-order valence-corrected chi connectivity index (χ3v) is 3.48. The van der Waals surface area contributed by atoms with Crippen LogP contribution >= 0.6 is 0 Å². The minimum Gasteiger partial charge on any atom is -0.341 e. The van der Waals surface area contributed by atoms with Gasteiger partial charge in [0.2, 0.25) is 5.91 Å². The van der Waals surface area contributed by atoms with Crippen molar-refractivity contribution in [2.45, 2.75) is 39.2 Å². The highest BCUT2D eigenvalue weighted by Gasteiger charge is 2.48. The molecule has 1 saturated carbocycles. The molecule has 1 amide bonds. The highest BCUT2D eigenvalue weighted by Crippen LogP contribution is 2.46. The Labute approximate surface area is 85.8 Å². The Balaban J connectivity index is 1.86. The first-order chi connectivity index (χ1) is 6.65. The molecule has 0 aromatic carbocycles. The summed E-state index contributed by atoms with van der Waals surface area (Å²) in [7, 11) is 0. The maximum Gasteiger partial charge on any atom is 0.228 e. The Morgan fingerprint density at radius 2 is 2.29 bits per heavy atom. The molecule has 0 aromatic rings. The zero-order valence-electron chi connectivity index (χ0n) is 9.18. The lowest BCUT2D eigenvalue weighted by molar-refractivity contribution is -0.135. The lowest BCUT2D eigenvalue weighted by Crippen LogP contribution is -2.38. The van der Waals surface area contributed by atoms with E-state index in [9.17, 15) is 4.79 Å². The standard InChI is InChI=1S/C11H20N2O/c1-3-12-9-4-7-13(8-9)10(14)11(2)5-6-11/h9,12H,3-8H2,1-2H3. The smallest absolute Gasteiger partial charge is 0.228 e. The monoisotopic (exact) mass is 196 g/mol. The third-order valence-electron chi connectivity index (χ3n) is 3.48. The second kappa shape index (κ2) is 3.54. The highest BCUT2D eigenvalue weighted by molar-refractivity contribution is 5.85. The normalized spacial score (nSPS) is 29.3. The number of amides is 1. The number of rotatable bonds is 3. The fraction of sp³-hybridized carbons (Fsp3) is 0.909. The van der Waals surface area contributed by atoms with Gasteiger partial charge in [-0.15, -0.1) is 0 Å². The van der Waals surface area contributed by atoms with E-state index in [-0.39, 0.29) is 5.41 Å². The summed E-state index contributed by atoms with van der Waals surface area (Å²) in [6.07, 6.45) is 3.30. The lowest BCUT2D eigenvalue weighted by Gasteiger charge is -2.20. The van der Waals surface area contributed by atoms with Gasteiger partial charge in [-0.05, 0) is 25.8 Å². The zero-order chi connectivity index (χ0) is 10.2. The summed E-state index contributed by atoms with van der Waals surface area (Å²) in [6, 6.07) is 0.534. The minimum atomic E-state index is 0.0150. The van der Waals surface area contributed by atoms with E-state index in [1.807, 2.05) is 4.90 Å². The summed E-state index contributed by atoms with van der Waals surface area (Å²) in [4.78, 5) is 14.0. The summed E-state index contributed by atoms with van der Waals surface area (Å²) in [6.45, 7) is 7.08. The number of nitrogens with one attached hydrogen (secondary N) is 1. The Kier molecular flexibility index (Phi) is 2.52. The molecule has 1 unspecified atom stereocenters. The SMILES string of the molecule is CCNC1CCN(C(=O)C2(C)CC2)C1. The van der Waals surface area contributed by atoms with Crippen molar-refractivity contribution in [2.75, 3.05) is 19.6 Å². The molecule has 1 atom stereocenters. The first-order valence-corrected chi connectivity index (χ1v) is 5.68. The molecule has 3 nitrogen and oxygen atoms in total. The van der Waals surface area contributed by atoms with Gasteiger partial charge in [-0.2, -0.15) is 0 Å². The largest absolute Gasteiger partial charge is 0.341 e. The second-order valence-electron chi connectivity index (χ2n) is 4.86. The molecule has 1 saturated heterocycles. The van der Waals surface area contributed by atoms with Gasteiger partial charge in [0.25, 0.3) is 0 Å². The van der Waals surface area contributed by atoms with Crippen molar-refractivity contribution in [1.29, 1.82) is 0 Å². The number of carbonyl (C=O) groups excluding carboxylic acids is 1. The molecule has 1 aliphatic heterocycles. The highest BCUT2D eigenvalue weighted by atomic mass is 16.2. The number of nitrogens with zero attached hydrogens (tertiary/aromatic N) is 1. The van der Waals surface area contributed by atoms with Crippen LogP contribution in [0.15, 0.2) is 0 Å². The quantitative estimate of drug-likeness (QED) is 0.730. The van der Waals surface area contributed by atoms with Crippen LogP contribution in [-0.2, 0) is 4.79 Å². The number of likely N-dealkylation sites (N-methyl/N-ethyl adjacent to an activating group) is 1. The van der Waals surface area contributed by atoms with Crippen molar-refractivity contribution in [3.05, 3.63) is 0 Å². The first-order valence-electron chi connectivity index (χ1n) is 5.68. The maximum atomic E-state index is 12.0. The van der Waals surface area contributed by atoms with Crippen molar-refractivity contribution >= 4 is 5.91 Å². The molecular weight excluding hydrogens is 176 g/mol. The summed E-state index contributed by atoms with van der Waals surface area (Å²) in [5.74, 6) is 0.387. The molecule has 1 heterocycles. The Hall–Kier alpha value is -0.570. The van der Waals surface area contributed by atoms with Gasteiger partial charge in [-0.1, -0.05) is 13.8 Å². The molecule has 3 heteroatoms. The first kappa shape index (κ1) is 9.97. The van der Waals surface area contributed by atoms with Gasteiger partial charge >= 0.3 is 0 Å². The Morgan fingerprint density at radius 1 is 1.57 bits per heavy atom. The molecule has 2 rings (SSSR count). The Morgan fingerprint density at radius 3 is 2.86 bits per heavy atom. The van der Waals surface area contributed by atoms with Crippen LogP contribution in [-0.4, -0.2) is 36.5 Å². The van der Waals surface area contributed by atoms with Crippen LogP contribution < -0.4 is 5.32 Å². The van der Waals surface area contributed by atoms with Crippen LogP contribution in [0.3, 0.4) is 0 Å². The van der Waals surface area contributed by atoms with E-state index in [1.54, 1.807) is 0 Å². The summed E-state index contributed by atoms with van der Waals surface area (Å²) < 4.78 is 0. The fourth-order valence-electron chi connectivity index (χ4n) is 2.18. The van der Waals surface area contributed by atoms with Gasteiger partial charge in [0.05, 0.1) is 0 Å². The van der Waals surface area contributed by atoms with Crippen molar-refractivity contribution in [1.82, 2.24) is 10.2 Å². The molecule has 0 aromatic heterocycles. The fourth-order valence-corrected chi connectivity index (χ4v) is 2.18. The van der Waals surface area contributed by atoms with E-state index in [4.69, 9.17) is 0 Å². The minimum absolute atomic E-state index is 0.0150. The second-order valence-corrected chi connectivity index (χ2v) is 4.86. The molecule has 0 bridgehead atoms. The predicted molar refractivity (Wildman–Crippen MR) is 56.0 cm³/mol. The number of hydrogen-bond acceptors (Lipinski definition) is 2. The van der Waals surface area contributed by atoms with E-state index in [0.29, 0.717) is 11.9 Å². The van der Waals surface area contributed by atoms with Crippen molar-refractivity contribution in [2.24, 2.45) is 5.41 Å². The molecule has 0 radical (unpaired) electrons. The summed E-state index contributed by atoms with van der Waals surface area (Å²) >= 11 is 0. The topological polar surface area (TPSA) is 32.3 Å². The molecule has 14 heavy (non-hydrogen) atoms. The van der Waals surface area contributed by atoms with Crippen LogP contribution in [0.25, 0.3) is 0 Å². The van der Waals surface area contributed by atoms with Crippen molar-refractivity contribution in [3.63, 3.8) is 0 Å². The summed E-state index contributed by atoms with van der Waals surface area (Å²) in [5, 5.41) is 3.41. The van der Waals surface area contributed by atoms with Crippen LogP contribution in [0.5, 0.6) is 0 Å². The van der Waals surface area contributed by atoms with Gasteiger partial charge in [-0.3, -0.25) is 4.79 Å². The average molecular weight is 196 g/mol. The molecule has 1 N–H and O–H groups in total. The zero-order valence-corrected chi connectivity index (χ0v) is 9.18. The van der Waals surface area contributed by atoms with Gasteiger partial charge in [0, 0.05) is 24.5 Å². The molecule has 1 aliphatic carbocycles. The van der Waals surface area contributed by atoms with Crippen LogP contribution in [0, 0.1) is 5.41 Å². The summed E-state index contributed by atoms with van der Waals surface area (Å²) in [5.41, 5.74) is 0.0150. The molecule has 2 fully saturated rings. The van der Waals surface area contributed by atoms with Crippen LogP contribution in [0.2, 0.25) is 0 Å². The average Bonchev–Trinajstić information content (AvgIpc) is 2.76. The number of carbonyl (C=O) groups is 1. The van der Waals surface area contributed by atoms with Gasteiger partial charge in [0.15, 0.2) is 0 Å².